The molecular weight excluding hydrogens is 335 g/mol. The lowest BCUT2D eigenvalue weighted by Crippen LogP contribution is -2.28. The Hall–Kier alpha value is -3.48. The van der Waals surface area contributed by atoms with E-state index in [4.69, 9.17) is 0 Å². The van der Waals surface area contributed by atoms with Gasteiger partial charge in [0.2, 0.25) is 0 Å². The van der Waals surface area contributed by atoms with Crippen molar-refractivity contribution in [1.29, 1.82) is 0 Å². The van der Waals surface area contributed by atoms with Crippen molar-refractivity contribution in [3.8, 4) is 11.1 Å². The van der Waals surface area contributed by atoms with Gasteiger partial charge >= 0.3 is 11.4 Å². The molecule has 0 saturated carbocycles. The number of rotatable bonds is 3. The number of aromatic nitrogens is 4. The summed E-state index contributed by atoms with van der Waals surface area (Å²) in [5.74, 6) is -0.576. The molecule has 2 aromatic carbocycles. The minimum Gasteiger partial charge on any atom is -0.292 e. The van der Waals surface area contributed by atoms with Crippen LogP contribution in [0.2, 0.25) is 0 Å². The highest BCUT2D eigenvalue weighted by Gasteiger charge is 2.16. The first kappa shape index (κ1) is 16.0. The molecule has 0 bridgehead atoms. The van der Waals surface area contributed by atoms with Gasteiger partial charge in [-0.25, -0.2) is 14.0 Å². The van der Waals surface area contributed by atoms with Crippen LogP contribution in [0.4, 0.5) is 4.39 Å². The van der Waals surface area contributed by atoms with Gasteiger partial charge in [0.05, 0.1) is 5.69 Å². The van der Waals surface area contributed by atoms with Crippen molar-refractivity contribution in [1.82, 2.24) is 19.6 Å². The number of hydrogen-bond donors (Lipinski definition) is 2. The van der Waals surface area contributed by atoms with Crippen LogP contribution in [0.5, 0.6) is 0 Å². The largest absolute Gasteiger partial charge is 0.352 e. The van der Waals surface area contributed by atoms with E-state index < -0.39 is 11.4 Å². The zero-order valence-corrected chi connectivity index (χ0v) is 13.9. The average Bonchev–Trinajstić information content (AvgIpc) is 3.06. The smallest absolute Gasteiger partial charge is 0.292 e. The molecule has 0 radical (unpaired) electrons. The van der Waals surface area contributed by atoms with Crippen molar-refractivity contribution in [2.24, 2.45) is 0 Å². The third-order valence-electron chi connectivity index (χ3n) is 4.40. The molecule has 130 valence electrons. The number of benzene rings is 2. The summed E-state index contributed by atoms with van der Waals surface area (Å²) in [4.78, 5) is 27.8. The fourth-order valence-electron chi connectivity index (χ4n) is 2.98. The summed E-state index contributed by atoms with van der Waals surface area (Å²) >= 11 is 0. The van der Waals surface area contributed by atoms with Crippen molar-refractivity contribution in [2.75, 3.05) is 0 Å². The SMILES string of the molecule is CC(c1ccc(-c2ccccc2)c(F)c1)c1cc2[nH]c(=O)[nH]c(=O)n2n1. The number of halogens is 1. The number of nitrogens with one attached hydrogen (secondary N) is 2. The molecule has 26 heavy (non-hydrogen) atoms. The lowest BCUT2D eigenvalue weighted by atomic mass is 9.95. The van der Waals surface area contributed by atoms with Crippen molar-refractivity contribution in [2.45, 2.75) is 12.8 Å². The molecule has 0 saturated heterocycles. The van der Waals surface area contributed by atoms with Crippen molar-refractivity contribution in [3.05, 3.63) is 92.6 Å². The van der Waals surface area contributed by atoms with Crippen LogP contribution in [0.25, 0.3) is 16.8 Å². The Kier molecular flexibility index (Phi) is 3.76. The average molecular weight is 350 g/mol. The van der Waals surface area contributed by atoms with E-state index >= 15 is 0 Å². The topological polar surface area (TPSA) is 83.0 Å². The molecular formula is C19H15FN4O2. The molecule has 0 aliphatic carbocycles. The second kappa shape index (κ2) is 6.11. The molecule has 2 heterocycles. The highest BCUT2D eigenvalue weighted by Crippen LogP contribution is 2.29. The Labute approximate surface area is 147 Å². The maximum absolute atomic E-state index is 14.6. The molecule has 2 aromatic heterocycles. The lowest BCUT2D eigenvalue weighted by molar-refractivity contribution is 0.627. The van der Waals surface area contributed by atoms with Crippen molar-refractivity contribution in [3.63, 3.8) is 0 Å². The Balaban J connectivity index is 1.74. The van der Waals surface area contributed by atoms with Crippen LogP contribution in [0.1, 0.15) is 24.1 Å². The van der Waals surface area contributed by atoms with Gasteiger partial charge in [-0.2, -0.15) is 9.61 Å². The molecule has 2 N–H and O–H groups in total. The summed E-state index contributed by atoms with van der Waals surface area (Å²) in [5.41, 5.74) is 1.70. The van der Waals surface area contributed by atoms with E-state index in [1.165, 1.54) is 6.07 Å². The molecule has 0 fully saturated rings. The molecule has 0 spiro atoms. The van der Waals surface area contributed by atoms with Crippen molar-refractivity contribution < 1.29 is 4.39 Å². The van der Waals surface area contributed by atoms with Gasteiger partial charge in [0.15, 0.2) is 0 Å². The summed E-state index contributed by atoms with van der Waals surface area (Å²) < 4.78 is 15.7. The minimum absolute atomic E-state index is 0.253. The molecule has 4 rings (SSSR count). The van der Waals surface area contributed by atoms with Gasteiger partial charge in [-0.1, -0.05) is 49.4 Å². The van der Waals surface area contributed by atoms with Crippen LogP contribution in [-0.4, -0.2) is 19.6 Å². The molecule has 4 aromatic rings. The maximum Gasteiger partial charge on any atom is 0.352 e. The van der Waals surface area contributed by atoms with Gasteiger partial charge in [0.25, 0.3) is 0 Å². The predicted octanol–water partition coefficient (Wildman–Crippen LogP) is 2.67. The van der Waals surface area contributed by atoms with Gasteiger partial charge in [0, 0.05) is 17.5 Å². The molecule has 7 heteroatoms. The van der Waals surface area contributed by atoms with Gasteiger partial charge < -0.3 is 0 Å². The highest BCUT2D eigenvalue weighted by molar-refractivity contribution is 5.64. The number of H-pyrrole nitrogens is 2. The molecule has 6 nitrogen and oxygen atoms in total. The van der Waals surface area contributed by atoms with E-state index in [2.05, 4.69) is 15.1 Å². The Morgan fingerprint density at radius 1 is 1.04 bits per heavy atom. The van der Waals surface area contributed by atoms with E-state index in [1.807, 2.05) is 43.3 Å². The quantitative estimate of drug-likeness (QED) is 0.596. The van der Waals surface area contributed by atoms with Crippen LogP contribution >= 0.6 is 0 Å². The Bertz CT molecular complexity index is 1210. The van der Waals surface area contributed by atoms with Crippen LogP contribution in [0, 0.1) is 5.82 Å². The molecule has 1 atom stereocenters. The number of nitrogens with zero attached hydrogens (tertiary/aromatic N) is 2. The third kappa shape index (κ3) is 2.73. The van der Waals surface area contributed by atoms with E-state index in [-0.39, 0.29) is 11.7 Å². The number of fused-ring (bicyclic) bond motifs is 1. The fourth-order valence-corrected chi connectivity index (χ4v) is 2.98. The summed E-state index contributed by atoms with van der Waals surface area (Å²) in [6.45, 7) is 1.87. The first-order valence-electron chi connectivity index (χ1n) is 8.10. The zero-order chi connectivity index (χ0) is 18.3. The normalized spacial score (nSPS) is 12.4. The highest BCUT2D eigenvalue weighted by atomic mass is 19.1. The van der Waals surface area contributed by atoms with Gasteiger partial charge in [-0.15, -0.1) is 0 Å². The van der Waals surface area contributed by atoms with Crippen LogP contribution < -0.4 is 11.4 Å². The fraction of sp³-hybridized carbons (Fsp3) is 0.105. The predicted molar refractivity (Wildman–Crippen MR) is 95.8 cm³/mol. The first-order chi connectivity index (χ1) is 12.5. The number of hydrogen-bond acceptors (Lipinski definition) is 3. The molecule has 0 amide bonds. The molecule has 0 aliphatic rings. The minimum atomic E-state index is -0.618. The van der Waals surface area contributed by atoms with E-state index in [9.17, 15) is 14.0 Å². The Morgan fingerprint density at radius 3 is 2.54 bits per heavy atom. The second-order valence-electron chi connectivity index (χ2n) is 6.08. The summed E-state index contributed by atoms with van der Waals surface area (Å²) in [5, 5.41) is 4.22. The van der Waals surface area contributed by atoms with E-state index in [0.29, 0.717) is 16.9 Å². The summed E-state index contributed by atoms with van der Waals surface area (Å²) in [7, 11) is 0. The van der Waals surface area contributed by atoms with Gasteiger partial charge in [0.1, 0.15) is 11.5 Å². The Morgan fingerprint density at radius 2 is 1.81 bits per heavy atom. The standard InChI is InChI=1S/C19H15FN4O2/c1-11(16-10-17-21-18(25)22-19(26)24(17)23-16)13-7-8-14(15(20)9-13)12-5-3-2-4-6-12/h2-11H,1H3,(H2,21,22,25,26). The molecule has 1 unspecified atom stereocenters. The molecule has 0 aliphatic heterocycles. The summed E-state index contributed by atoms with van der Waals surface area (Å²) in [6, 6.07) is 16.0. The second-order valence-corrected chi connectivity index (χ2v) is 6.08. The van der Waals surface area contributed by atoms with E-state index in [1.54, 1.807) is 12.1 Å². The maximum atomic E-state index is 14.6. The summed E-state index contributed by atoms with van der Waals surface area (Å²) in [6.07, 6.45) is 0. The van der Waals surface area contributed by atoms with Crippen molar-refractivity contribution >= 4 is 5.65 Å². The third-order valence-corrected chi connectivity index (χ3v) is 4.40. The van der Waals surface area contributed by atoms with Crippen LogP contribution in [0.3, 0.4) is 0 Å². The monoisotopic (exact) mass is 350 g/mol. The number of aromatic amines is 2. The first-order valence-corrected chi connectivity index (χ1v) is 8.10. The lowest BCUT2D eigenvalue weighted by Gasteiger charge is -2.11. The zero-order valence-electron chi connectivity index (χ0n) is 13.9. The van der Waals surface area contributed by atoms with Gasteiger partial charge in [-0.05, 0) is 17.2 Å². The van der Waals surface area contributed by atoms with Gasteiger partial charge in [-0.3, -0.25) is 9.97 Å². The van der Waals surface area contributed by atoms with Crippen LogP contribution in [0.15, 0.2) is 64.2 Å². The van der Waals surface area contributed by atoms with E-state index in [0.717, 1.165) is 15.6 Å². The van der Waals surface area contributed by atoms with Crippen LogP contribution in [-0.2, 0) is 0 Å².